The summed E-state index contributed by atoms with van der Waals surface area (Å²) in [7, 11) is 1.42. The third kappa shape index (κ3) is 6.63. The summed E-state index contributed by atoms with van der Waals surface area (Å²) in [6.07, 6.45) is 1.34. The molecule has 10 heteroatoms. The van der Waals surface area contributed by atoms with Crippen LogP contribution in [0.15, 0.2) is 65.6 Å². The molecule has 0 saturated carbocycles. The monoisotopic (exact) mass is 562 g/mol. The Balaban J connectivity index is 1.51. The predicted molar refractivity (Wildman–Crippen MR) is 154 cm³/mol. The molecule has 2 amide bonds. The lowest BCUT2D eigenvalue weighted by molar-refractivity contribution is -0.385. The number of hydrogen-bond acceptors (Lipinski definition) is 8. The van der Waals surface area contributed by atoms with Crippen LogP contribution in [0.4, 0.5) is 10.5 Å². The van der Waals surface area contributed by atoms with E-state index in [9.17, 15) is 19.7 Å². The Morgan fingerprint density at radius 3 is 2.42 bits per heavy atom. The fraction of sp³-hybridized carbons (Fsp3) is 0.267. The first-order valence-corrected chi connectivity index (χ1v) is 13.5. The summed E-state index contributed by atoms with van der Waals surface area (Å²) in [5, 5.41) is 11.4. The van der Waals surface area contributed by atoms with Crippen molar-refractivity contribution in [1.29, 1.82) is 0 Å². The van der Waals surface area contributed by atoms with Gasteiger partial charge in [0.1, 0.15) is 19.0 Å². The number of hydrogen-bond donors (Lipinski definition) is 0. The van der Waals surface area contributed by atoms with E-state index in [1.54, 1.807) is 0 Å². The molecule has 208 valence electrons. The second-order valence-corrected chi connectivity index (χ2v) is 10.5. The first-order valence-electron chi connectivity index (χ1n) is 12.7. The number of carbonyl (C=O) groups excluding carboxylic acids is 2. The van der Waals surface area contributed by atoms with Gasteiger partial charge in [-0.15, -0.1) is 0 Å². The number of methoxy groups -OCH3 is 1. The number of ether oxygens (including phenoxy) is 3. The molecule has 0 unspecified atom stereocenters. The molecule has 0 aliphatic carbocycles. The summed E-state index contributed by atoms with van der Waals surface area (Å²) in [4.78, 5) is 38.3. The molecule has 9 nitrogen and oxygen atoms in total. The molecule has 0 atom stereocenters. The van der Waals surface area contributed by atoms with Crippen molar-refractivity contribution in [1.82, 2.24) is 4.90 Å². The molecule has 0 bridgehead atoms. The molecule has 1 heterocycles. The average molecular weight is 563 g/mol. The van der Waals surface area contributed by atoms with Gasteiger partial charge in [0.2, 0.25) is 0 Å². The fourth-order valence-electron chi connectivity index (χ4n) is 4.17. The van der Waals surface area contributed by atoms with E-state index < -0.39 is 16.1 Å². The third-order valence-corrected chi connectivity index (χ3v) is 7.18. The van der Waals surface area contributed by atoms with Crippen molar-refractivity contribution in [2.24, 2.45) is 0 Å². The highest BCUT2D eigenvalue weighted by molar-refractivity contribution is 8.18. The minimum absolute atomic E-state index is 0.0468. The summed E-state index contributed by atoms with van der Waals surface area (Å²) in [6, 6.07) is 18.0. The van der Waals surface area contributed by atoms with Gasteiger partial charge in [-0.25, -0.2) is 0 Å². The highest BCUT2D eigenvalue weighted by atomic mass is 32.2. The lowest BCUT2D eigenvalue weighted by Crippen LogP contribution is -2.32. The number of aryl methyl sites for hydroxylation is 1. The second kappa shape index (κ2) is 12.7. The van der Waals surface area contributed by atoms with Gasteiger partial charge in [-0.3, -0.25) is 24.6 Å². The first-order chi connectivity index (χ1) is 19.2. The van der Waals surface area contributed by atoms with Crippen molar-refractivity contribution >= 4 is 34.7 Å². The second-order valence-electron chi connectivity index (χ2n) is 9.47. The van der Waals surface area contributed by atoms with Gasteiger partial charge in [-0.2, -0.15) is 0 Å². The molecule has 1 aliphatic rings. The summed E-state index contributed by atoms with van der Waals surface area (Å²) >= 11 is 0.727. The molecular weight excluding hydrogens is 532 g/mol. The zero-order chi connectivity index (χ0) is 28.8. The normalized spacial score (nSPS) is 14.2. The predicted octanol–water partition coefficient (Wildman–Crippen LogP) is 6.73. The summed E-state index contributed by atoms with van der Waals surface area (Å²) in [5.41, 5.74) is 2.81. The Hall–Kier alpha value is -4.31. The van der Waals surface area contributed by atoms with Crippen LogP contribution in [0, 0.1) is 17.0 Å². The van der Waals surface area contributed by atoms with Gasteiger partial charge in [-0.05, 0) is 59.5 Å². The van der Waals surface area contributed by atoms with Crippen molar-refractivity contribution in [3.05, 3.63) is 97.9 Å². The van der Waals surface area contributed by atoms with E-state index in [0.717, 1.165) is 39.1 Å². The molecule has 40 heavy (non-hydrogen) atoms. The Morgan fingerprint density at radius 2 is 1.75 bits per heavy atom. The molecule has 1 aliphatic heterocycles. The Morgan fingerprint density at radius 1 is 1.00 bits per heavy atom. The van der Waals surface area contributed by atoms with Crippen LogP contribution in [0.1, 0.15) is 42.0 Å². The summed E-state index contributed by atoms with van der Waals surface area (Å²) in [6.45, 7) is 6.45. The highest BCUT2D eigenvalue weighted by Crippen LogP contribution is 2.39. The number of rotatable bonds is 11. The maximum absolute atomic E-state index is 13.1. The number of nitro benzene ring substituents is 1. The molecule has 3 aromatic carbocycles. The number of nitrogens with zero attached hydrogens (tertiary/aromatic N) is 2. The number of carbonyl (C=O) groups is 2. The maximum atomic E-state index is 13.1. The van der Waals surface area contributed by atoms with Crippen LogP contribution in [-0.2, 0) is 11.4 Å². The molecule has 0 N–H and O–H groups in total. The topological polar surface area (TPSA) is 108 Å². The van der Waals surface area contributed by atoms with Crippen LogP contribution >= 0.6 is 11.8 Å². The van der Waals surface area contributed by atoms with Crippen molar-refractivity contribution in [2.75, 3.05) is 20.3 Å². The van der Waals surface area contributed by atoms with Crippen LogP contribution in [0.2, 0.25) is 0 Å². The number of benzene rings is 3. The Kier molecular flexibility index (Phi) is 9.11. The van der Waals surface area contributed by atoms with Crippen LogP contribution in [0.25, 0.3) is 6.08 Å². The number of imide groups is 1. The van der Waals surface area contributed by atoms with E-state index in [0.29, 0.717) is 0 Å². The summed E-state index contributed by atoms with van der Waals surface area (Å²) < 4.78 is 17.2. The number of amides is 2. The van der Waals surface area contributed by atoms with Gasteiger partial charge in [-0.1, -0.05) is 56.3 Å². The average Bonchev–Trinajstić information content (AvgIpc) is 3.19. The fourth-order valence-corrected chi connectivity index (χ4v) is 5.03. The van der Waals surface area contributed by atoms with Crippen LogP contribution in [0.5, 0.6) is 17.2 Å². The third-order valence-electron chi connectivity index (χ3n) is 6.27. The van der Waals surface area contributed by atoms with E-state index in [1.807, 2.05) is 55.5 Å². The molecule has 4 rings (SSSR count). The van der Waals surface area contributed by atoms with Crippen LogP contribution in [-0.4, -0.2) is 41.2 Å². The standard InChI is InChI=1S/C30H30N2O7S/c1-19(2)23-11-10-20(3)14-25(23)38-13-12-31-29(33)28(40-30(31)34)16-22-15-26(37-4)27(17-24(22)32(35)36)39-18-21-8-6-5-7-9-21/h5-11,14-17,19H,12-13,18H2,1-4H3/b28-16-. The molecular formula is C30H30N2O7S. The first kappa shape index (κ1) is 28.7. The minimum Gasteiger partial charge on any atom is -0.493 e. The van der Waals surface area contributed by atoms with E-state index in [4.69, 9.17) is 14.2 Å². The van der Waals surface area contributed by atoms with Crippen molar-refractivity contribution in [3.63, 3.8) is 0 Å². The smallest absolute Gasteiger partial charge is 0.293 e. The lowest BCUT2D eigenvalue weighted by Gasteiger charge is -2.17. The van der Waals surface area contributed by atoms with E-state index in [2.05, 4.69) is 13.8 Å². The Bertz CT molecular complexity index is 1450. The highest BCUT2D eigenvalue weighted by Gasteiger charge is 2.35. The zero-order valence-electron chi connectivity index (χ0n) is 22.7. The molecule has 0 aromatic heterocycles. The van der Waals surface area contributed by atoms with Gasteiger partial charge in [0.25, 0.3) is 16.8 Å². The van der Waals surface area contributed by atoms with E-state index in [-0.39, 0.29) is 53.3 Å². The zero-order valence-corrected chi connectivity index (χ0v) is 23.5. The van der Waals surface area contributed by atoms with Crippen molar-refractivity contribution in [2.45, 2.75) is 33.3 Å². The maximum Gasteiger partial charge on any atom is 0.293 e. The van der Waals surface area contributed by atoms with E-state index >= 15 is 0 Å². The van der Waals surface area contributed by atoms with Crippen molar-refractivity contribution < 1.29 is 28.7 Å². The Labute approximate surface area is 236 Å². The van der Waals surface area contributed by atoms with Gasteiger partial charge >= 0.3 is 0 Å². The largest absolute Gasteiger partial charge is 0.493 e. The van der Waals surface area contributed by atoms with Crippen LogP contribution < -0.4 is 14.2 Å². The van der Waals surface area contributed by atoms with Gasteiger partial charge < -0.3 is 14.2 Å². The van der Waals surface area contributed by atoms with Crippen LogP contribution in [0.3, 0.4) is 0 Å². The van der Waals surface area contributed by atoms with E-state index in [1.165, 1.54) is 25.3 Å². The summed E-state index contributed by atoms with van der Waals surface area (Å²) in [5.74, 6) is 0.884. The minimum atomic E-state index is -0.563. The van der Waals surface area contributed by atoms with Gasteiger partial charge in [0.05, 0.1) is 35.1 Å². The van der Waals surface area contributed by atoms with Gasteiger partial charge in [0.15, 0.2) is 11.5 Å². The van der Waals surface area contributed by atoms with Crippen molar-refractivity contribution in [3.8, 4) is 17.2 Å². The quantitative estimate of drug-likeness (QED) is 0.144. The molecule has 0 radical (unpaired) electrons. The molecule has 1 saturated heterocycles. The molecule has 3 aromatic rings. The lowest BCUT2D eigenvalue weighted by atomic mass is 10.0. The number of thioether (sulfide) groups is 1. The SMILES string of the molecule is COc1cc(/C=C2\SC(=O)N(CCOc3cc(C)ccc3C(C)C)C2=O)c([N+](=O)[O-])cc1OCc1ccccc1. The molecule has 1 fully saturated rings. The molecule has 0 spiro atoms. The number of nitro groups is 1. The van der Waals surface area contributed by atoms with Gasteiger partial charge in [0, 0.05) is 0 Å².